The number of rotatable bonds is 0. The van der Waals surface area contributed by atoms with E-state index in [0.717, 1.165) is 31.9 Å². The standard InChI is InChI=1S/C13H22N2O2/c1-9-3-4-13(7-10(9)2)14-12(16)11-8-17-6-5-15(11)13/h9-11H,3-8H2,1-2H3,(H,14,16)/t9-,10+,11-,13+/m1/s1. The molecule has 1 aliphatic carbocycles. The zero-order valence-corrected chi connectivity index (χ0v) is 10.7. The van der Waals surface area contributed by atoms with Crippen LogP contribution < -0.4 is 5.32 Å². The molecule has 17 heavy (non-hydrogen) atoms. The van der Waals surface area contributed by atoms with Gasteiger partial charge in [-0.25, -0.2) is 0 Å². The van der Waals surface area contributed by atoms with E-state index in [2.05, 4.69) is 24.1 Å². The third-order valence-corrected chi connectivity index (χ3v) is 4.98. The molecule has 1 saturated carbocycles. The van der Waals surface area contributed by atoms with Crippen LogP contribution in [-0.4, -0.2) is 42.3 Å². The molecule has 0 aromatic rings. The summed E-state index contributed by atoms with van der Waals surface area (Å²) in [5, 5.41) is 3.27. The molecule has 0 aromatic carbocycles. The van der Waals surface area contributed by atoms with Crippen LogP contribution in [0.25, 0.3) is 0 Å². The lowest BCUT2D eigenvalue weighted by Gasteiger charge is -2.47. The highest BCUT2D eigenvalue weighted by atomic mass is 16.5. The molecule has 3 aliphatic rings. The fraction of sp³-hybridized carbons (Fsp3) is 0.923. The van der Waals surface area contributed by atoms with Crippen molar-refractivity contribution in [2.24, 2.45) is 11.8 Å². The molecule has 0 unspecified atom stereocenters. The predicted molar refractivity (Wildman–Crippen MR) is 64.4 cm³/mol. The Morgan fingerprint density at radius 2 is 2.24 bits per heavy atom. The summed E-state index contributed by atoms with van der Waals surface area (Å²) in [5.41, 5.74) is -0.0581. The Hall–Kier alpha value is -0.610. The van der Waals surface area contributed by atoms with Gasteiger partial charge in [0.2, 0.25) is 5.91 Å². The number of nitrogens with one attached hydrogen (secondary N) is 1. The molecule has 0 aromatic heterocycles. The number of nitrogens with zero attached hydrogens (tertiary/aromatic N) is 1. The first-order chi connectivity index (χ1) is 8.12. The molecule has 3 rings (SSSR count). The molecule has 1 spiro atoms. The van der Waals surface area contributed by atoms with Crippen molar-refractivity contribution in [2.75, 3.05) is 19.8 Å². The van der Waals surface area contributed by atoms with Crippen LogP contribution >= 0.6 is 0 Å². The van der Waals surface area contributed by atoms with Gasteiger partial charge in [0.05, 0.1) is 18.9 Å². The van der Waals surface area contributed by atoms with Crippen LogP contribution in [0.1, 0.15) is 33.1 Å². The van der Waals surface area contributed by atoms with E-state index in [1.165, 1.54) is 6.42 Å². The van der Waals surface area contributed by atoms with Crippen LogP contribution in [0.4, 0.5) is 0 Å². The molecule has 2 heterocycles. The normalized spacial score (nSPS) is 46.9. The van der Waals surface area contributed by atoms with Gasteiger partial charge in [0.25, 0.3) is 0 Å². The minimum atomic E-state index is -0.0581. The van der Waals surface area contributed by atoms with E-state index in [1.807, 2.05) is 0 Å². The number of carbonyl (C=O) groups excluding carboxylic acids is 1. The summed E-state index contributed by atoms with van der Waals surface area (Å²) in [5.74, 6) is 1.63. The van der Waals surface area contributed by atoms with Crippen LogP contribution in [0.5, 0.6) is 0 Å². The smallest absolute Gasteiger partial charge is 0.241 e. The van der Waals surface area contributed by atoms with Gasteiger partial charge in [0.15, 0.2) is 0 Å². The van der Waals surface area contributed by atoms with Gasteiger partial charge in [-0.05, 0) is 31.1 Å². The largest absolute Gasteiger partial charge is 0.378 e. The maximum atomic E-state index is 12.0. The van der Waals surface area contributed by atoms with Crippen molar-refractivity contribution in [3.05, 3.63) is 0 Å². The van der Waals surface area contributed by atoms with E-state index < -0.39 is 0 Å². The highest BCUT2D eigenvalue weighted by molar-refractivity contribution is 5.85. The van der Waals surface area contributed by atoms with Gasteiger partial charge in [-0.1, -0.05) is 13.8 Å². The molecule has 2 aliphatic heterocycles. The second kappa shape index (κ2) is 3.95. The van der Waals surface area contributed by atoms with E-state index >= 15 is 0 Å². The quantitative estimate of drug-likeness (QED) is 0.683. The molecule has 4 nitrogen and oxygen atoms in total. The van der Waals surface area contributed by atoms with E-state index in [9.17, 15) is 4.79 Å². The monoisotopic (exact) mass is 238 g/mol. The lowest BCUT2D eigenvalue weighted by Crippen LogP contribution is -2.59. The van der Waals surface area contributed by atoms with Crippen molar-refractivity contribution in [3.8, 4) is 0 Å². The molecule has 0 bridgehead atoms. The average Bonchev–Trinajstić information content (AvgIpc) is 2.59. The third-order valence-electron chi connectivity index (χ3n) is 4.98. The number of hydrogen-bond acceptors (Lipinski definition) is 3. The van der Waals surface area contributed by atoms with E-state index in [0.29, 0.717) is 12.5 Å². The summed E-state index contributed by atoms with van der Waals surface area (Å²) < 4.78 is 5.43. The van der Waals surface area contributed by atoms with Crippen LogP contribution in [0.2, 0.25) is 0 Å². The van der Waals surface area contributed by atoms with Gasteiger partial charge < -0.3 is 10.1 Å². The summed E-state index contributed by atoms with van der Waals surface area (Å²) in [7, 11) is 0. The molecule has 1 amide bonds. The summed E-state index contributed by atoms with van der Waals surface area (Å²) in [4.78, 5) is 14.4. The van der Waals surface area contributed by atoms with Crippen molar-refractivity contribution in [3.63, 3.8) is 0 Å². The van der Waals surface area contributed by atoms with Crippen molar-refractivity contribution < 1.29 is 9.53 Å². The Labute approximate surface area is 103 Å². The highest BCUT2D eigenvalue weighted by Gasteiger charge is 2.53. The molecule has 2 saturated heterocycles. The van der Waals surface area contributed by atoms with Crippen molar-refractivity contribution >= 4 is 5.91 Å². The van der Waals surface area contributed by atoms with Gasteiger partial charge in [0.1, 0.15) is 6.04 Å². The van der Waals surface area contributed by atoms with Crippen LogP contribution in [0.15, 0.2) is 0 Å². The Morgan fingerprint density at radius 3 is 3.00 bits per heavy atom. The number of morpholine rings is 1. The summed E-state index contributed by atoms with van der Waals surface area (Å²) >= 11 is 0. The topological polar surface area (TPSA) is 41.6 Å². The number of amides is 1. The summed E-state index contributed by atoms with van der Waals surface area (Å²) in [6.45, 7) is 6.86. The predicted octanol–water partition coefficient (Wildman–Crippen LogP) is 0.969. The fourth-order valence-corrected chi connectivity index (χ4v) is 3.68. The number of carbonyl (C=O) groups is 1. The van der Waals surface area contributed by atoms with E-state index in [1.54, 1.807) is 0 Å². The third kappa shape index (κ3) is 1.69. The molecule has 0 radical (unpaired) electrons. The average molecular weight is 238 g/mol. The lowest BCUT2D eigenvalue weighted by molar-refractivity contribution is -0.125. The molecular formula is C13H22N2O2. The zero-order chi connectivity index (χ0) is 12.0. The number of hydrogen-bond donors (Lipinski definition) is 1. The second-order valence-electron chi connectivity index (χ2n) is 6.00. The highest BCUT2D eigenvalue weighted by Crippen LogP contribution is 2.42. The minimum Gasteiger partial charge on any atom is -0.378 e. The molecule has 4 atom stereocenters. The maximum Gasteiger partial charge on any atom is 0.241 e. The van der Waals surface area contributed by atoms with Crippen molar-refractivity contribution in [1.82, 2.24) is 10.2 Å². The van der Waals surface area contributed by atoms with Crippen LogP contribution in [0.3, 0.4) is 0 Å². The molecule has 96 valence electrons. The molecule has 4 heteroatoms. The first-order valence-electron chi connectivity index (χ1n) is 6.79. The Bertz CT molecular complexity index is 333. The van der Waals surface area contributed by atoms with Gasteiger partial charge >= 0.3 is 0 Å². The van der Waals surface area contributed by atoms with Gasteiger partial charge in [-0.15, -0.1) is 0 Å². The lowest BCUT2D eigenvalue weighted by atomic mass is 9.75. The van der Waals surface area contributed by atoms with E-state index in [4.69, 9.17) is 4.74 Å². The first-order valence-corrected chi connectivity index (χ1v) is 6.79. The number of fused-ring (bicyclic) bond motifs is 2. The summed E-state index contributed by atoms with van der Waals surface area (Å²) in [6, 6.07) is -0.0376. The fourth-order valence-electron chi connectivity index (χ4n) is 3.68. The SMILES string of the molecule is C[C@@H]1CC[C@]2(C[C@@H]1C)NC(=O)[C@H]1COCCN12. The van der Waals surface area contributed by atoms with E-state index in [-0.39, 0.29) is 17.6 Å². The Balaban J connectivity index is 1.85. The van der Waals surface area contributed by atoms with Crippen molar-refractivity contribution in [2.45, 2.75) is 44.8 Å². The maximum absolute atomic E-state index is 12.0. The Morgan fingerprint density at radius 1 is 1.41 bits per heavy atom. The van der Waals surface area contributed by atoms with Gasteiger partial charge in [-0.2, -0.15) is 0 Å². The van der Waals surface area contributed by atoms with Gasteiger partial charge in [-0.3, -0.25) is 9.69 Å². The first kappa shape index (κ1) is 11.5. The second-order valence-corrected chi connectivity index (χ2v) is 6.00. The molecule has 1 N–H and O–H groups in total. The van der Waals surface area contributed by atoms with Crippen LogP contribution in [-0.2, 0) is 9.53 Å². The summed E-state index contributed by atoms with van der Waals surface area (Å²) in [6.07, 6.45) is 3.41. The number of ether oxygens (including phenoxy) is 1. The van der Waals surface area contributed by atoms with Gasteiger partial charge in [0, 0.05) is 6.54 Å². The van der Waals surface area contributed by atoms with Crippen molar-refractivity contribution in [1.29, 1.82) is 0 Å². The zero-order valence-electron chi connectivity index (χ0n) is 10.7. The minimum absolute atomic E-state index is 0.0376. The van der Waals surface area contributed by atoms with Crippen LogP contribution in [0, 0.1) is 11.8 Å². The molecular weight excluding hydrogens is 216 g/mol. The molecule has 3 fully saturated rings. The Kier molecular flexibility index (Phi) is 2.67.